The van der Waals surface area contributed by atoms with E-state index in [1.165, 1.54) is 25.1 Å². The first kappa shape index (κ1) is 15.2. The molecule has 1 heterocycles. The van der Waals surface area contributed by atoms with Crippen LogP contribution in [0.25, 0.3) is 22.1 Å². The number of hydrogen-bond acceptors (Lipinski definition) is 3. The fourth-order valence-electron chi connectivity index (χ4n) is 2.65. The molecular weight excluding hydrogens is 295 g/mol. The molecule has 0 aliphatic heterocycles. The first-order chi connectivity index (χ1) is 11.1. The van der Waals surface area contributed by atoms with Crippen LogP contribution in [0.15, 0.2) is 57.7 Å². The Morgan fingerprint density at radius 2 is 1.83 bits per heavy atom. The van der Waals surface area contributed by atoms with Gasteiger partial charge in [-0.1, -0.05) is 30.3 Å². The van der Waals surface area contributed by atoms with E-state index in [4.69, 9.17) is 4.42 Å². The maximum absolute atomic E-state index is 13.7. The smallest absolute Gasteiger partial charge is 0.344 e. The van der Waals surface area contributed by atoms with Gasteiger partial charge in [-0.15, -0.1) is 0 Å². The molecule has 3 nitrogen and oxygen atoms in total. The van der Waals surface area contributed by atoms with Gasteiger partial charge in [0.1, 0.15) is 17.4 Å². The first-order valence-electron chi connectivity index (χ1n) is 7.36. The van der Waals surface area contributed by atoms with E-state index >= 15 is 0 Å². The Balaban J connectivity index is 2.31. The molecule has 23 heavy (non-hydrogen) atoms. The van der Waals surface area contributed by atoms with Gasteiger partial charge >= 0.3 is 5.63 Å². The van der Waals surface area contributed by atoms with E-state index in [1.807, 2.05) is 30.3 Å². The lowest BCUT2D eigenvalue weighted by Crippen LogP contribution is -2.06. The van der Waals surface area contributed by atoms with Gasteiger partial charge in [-0.3, -0.25) is 0 Å². The molecule has 0 atom stereocenters. The number of halogens is 1. The number of benzene rings is 2. The monoisotopic (exact) mass is 310 g/mol. The average molecular weight is 310 g/mol. The molecule has 0 aliphatic rings. The number of carbonyl (C=O) groups is 1. The molecule has 0 fully saturated rings. The van der Waals surface area contributed by atoms with Crippen LogP contribution in [0.4, 0.5) is 4.39 Å². The highest BCUT2D eigenvalue weighted by atomic mass is 19.1. The van der Waals surface area contributed by atoms with Crippen molar-refractivity contribution in [3.8, 4) is 11.3 Å². The number of Topliss-reactive ketones (excluding diaryl/α,β-unsaturated/α-hetero) is 1. The lowest BCUT2D eigenvalue weighted by atomic mass is 9.97. The second-order valence-electron chi connectivity index (χ2n) is 5.46. The fraction of sp³-hybridized carbons (Fsp3) is 0.158. The Morgan fingerprint density at radius 1 is 1.09 bits per heavy atom. The molecule has 116 valence electrons. The van der Waals surface area contributed by atoms with Crippen molar-refractivity contribution in [2.24, 2.45) is 0 Å². The number of hydrogen-bond donors (Lipinski definition) is 0. The van der Waals surface area contributed by atoms with Gasteiger partial charge in [-0.05, 0) is 36.9 Å². The third kappa shape index (κ3) is 3.06. The first-order valence-corrected chi connectivity index (χ1v) is 7.36. The van der Waals surface area contributed by atoms with Crippen LogP contribution in [0.2, 0.25) is 0 Å². The standard InChI is InChI=1S/C19H15FO3/c1-12(21)7-9-15-17-11-14(20)8-10-16(17)19(22)23-18(15)13-5-3-2-4-6-13/h2-6,8,10-11H,7,9H2,1H3. The van der Waals surface area contributed by atoms with Crippen molar-refractivity contribution >= 4 is 16.6 Å². The highest BCUT2D eigenvalue weighted by molar-refractivity contribution is 5.89. The second-order valence-corrected chi connectivity index (χ2v) is 5.46. The Kier molecular flexibility index (Phi) is 4.06. The average Bonchev–Trinajstić information content (AvgIpc) is 2.54. The van der Waals surface area contributed by atoms with Crippen LogP contribution < -0.4 is 5.63 Å². The van der Waals surface area contributed by atoms with Crippen molar-refractivity contribution in [1.82, 2.24) is 0 Å². The van der Waals surface area contributed by atoms with Crippen LogP contribution >= 0.6 is 0 Å². The molecule has 3 rings (SSSR count). The summed E-state index contributed by atoms with van der Waals surface area (Å²) < 4.78 is 19.2. The minimum Gasteiger partial charge on any atom is -0.422 e. The van der Waals surface area contributed by atoms with Crippen molar-refractivity contribution in [2.75, 3.05) is 0 Å². The normalized spacial score (nSPS) is 10.9. The highest BCUT2D eigenvalue weighted by Crippen LogP contribution is 2.29. The summed E-state index contributed by atoms with van der Waals surface area (Å²) in [5, 5.41) is 0.825. The van der Waals surface area contributed by atoms with Gasteiger partial charge in [0, 0.05) is 17.5 Å². The zero-order valence-electron chi connectivity index (χ0n) is 12.6. The van der Waals surface area contributed by atoms with Gasteiger partial charge in [0.2, 0.25) is 0 Å². The lowest BCUT2D eigenvalue weighted by Gasteiger charge is -2.11. The van der Waals surface area contributed by atoms with Gasteiger partial charge in [0.25, 0.3) is 0 Å². The topological polar surface area (TPSA) is 47.3 Å². The molecule has 0 N–H and O–H groups in total. The van der Waals surface area contributed by atoms with E-state index in [9.17, 15) is 14.0 Å². The van der Waals surface area contributed by atoms with E-state index in [2.05, 4.69) is 0 Å². The van der Waals surface area contributed by atoms with Gasteiger partial charge in [-0.25, -0.2) is 9.18 Å². The van der Waals surface area contributed by atoms with Crippen LogP contribution in [0.5, 0.6) is 0 Å². The molecule has 0 saturated heterocycles. The molecule has 0 radical (unpaired) electrons. The zero-order chi connectivity index (χ0) is 16.4. The van der Waals surface area contributed by atoms with Gasteiger partial charge in [0.05, 0.1) is 5.39 Å². The summed E-state index contributed by atoms with van der Waals surface area (Å²) in [4.78, 5) is 23.6. The highest BCUT2D eigenvalue weighted by Gasteiger charge is 2.16. The molecule has 0 aliphatic carbocycles. The summed E-state index contributed by atoms with van der Waals surface area (Å²) in [6.45, 7) is 1.50. The second kappa shape index (κ2) is 6.16. The predicted molar refractivity (Wildman–Crippen MR) is 86.9 cm³/mol. The summed E-state index contributed by atoms with van der Waals surface area (Å²) in [6.07, 6.45) is 0.697. The van der Waals surface area contributed by atoms with E-state index < -0.39 is 11.4 Å². The summed E-state index contributed by atoms with van der Waals surface area (Å²) in [6, 6.07) is 13.1. The third-order valence-electron chi connectivity index (χ3n) is 3.76. The maximum atomic E-state index is 13.7. The van der Waals surface area contributed by atoms with E-state index in [-0.39, 0.29) is 5.78 Å². The van der Waals surface area contributed by atoms with Crippen LogP contribution in [-0.2, 0) is 11.2 Å². The van der Waals surface area contributed by atoms with Gasteiger partial charge in [-0.2, -0.15) is 0 Å². The molecular formula is C19H15FO3. The third-order valence-corrected chi connectivity index (χ3v) is 3.76. The molecule has 3 aromatic rings. The number of aryl methyl sites for hydroxylation is 1. The lowest BCUT2D eigenvalue weighted by molar-refractivity contribution is -0.116. The number of ketones is 1. The molecule has 4 heteroatoms. The molecule has 2 aromatic carbocycles. The Hall–Kier alpha value is -2.75. The van der Waals surface area contributed by atoms with Crippen LogP contribution in [0, 0.1) is 5.82 Å². The van der Waals surface area contributed by atoms with Crippen molar-refractivity contribution in [1.29, 1.82) is 0 Å². The molecule has 0 unspecified atom stereocenters. The molecule has 1 aromatic heterocycles. The molecule has 0 spiro atoms. The van der Waals surface area contributed by atoms with E-state index in [0.717, 1.165) is 5.56 Å². The zero-order valence-corrected chi connectivity index (χ0v) is 12.6. The molecule has 0 bridgehead atoms. The Labute approximate surface area is 132 Å². The Morgan fingerprint density at radius 3 is 2.52 bits per heavy atom. The predicted octanol–water partition coefficient (Wildman–Crippen LogP) is 4.12. The summed E-state index contributed by atoms with van der Waals surface area (Å²) in [7, 11) is 0. The summed E-state index contributed by atoms with van der Waals surface area (Å²) >= 11 is 0. The molecule has 0 saturated carbocycles. The number of fused-ring (bicyclic) bond motifs is 1. The minimum absolute atomic E-state index is 0.0276. The SMILES string of the molecule is CC(=O)CCc1c(-c2ccccc2)oc(=O)c2ccc(F)cc12. The van der Waals surface area contributed by atoms with Crippen LogP contribution in [0.1, 0.15) is 18.9 Å². The Bertz CT molecular complexity index is 926. The van der Waals surface area contributed by atoms with E-state index in [1.54, 1.807) is 0 Å². The van der Waals surface area contributed by atoms with E-state index in [0.29, 0.717) is 34.9 Å². The maximum Gasteiger partial charge on any atom is 0.344 e. The van der Waals surface area contributed by atoms with Gasteiger partial charge < -0.3 is 9.21 Å². The summed E-state index contributed by atoms with van der Waals surface area (Å²) in [5.74, 6) is 0.000835. The van der Waals surface area contributed by atoms with Crippen molar-refractivity contribution in [3.63, 3.8) is 0 Å². The number of carbonyl (C=O) groups excluding carboxylic acids is 1. The van der Waals surface area contributed by atoms with Crippen LogP contribution in [0.3, 0.4) is 0 Å². The fourth-order valence-corrected chi connectivity index (χ4v) is 2.65. The van der Waals surface area contributed by atoms with Crippen molar-refractivity contribution in [2.45, 2.75) is 19.8 Å². The van der Waals surface area contributed by atoms with Crippen molar-refractivity contribution < 1.29 is 13.6 Å². The van der Waals surface area contributed by atoms with Crippen LogP contribution in [-0.4, -0.2) is 5.78 Å². The minimum atomic E-state index is -0.509. The van der Waals surface area contributed by atoms with Gasteiger partial charge in [0.15, 0.2) is 0 Å². The quantitative estimate of drug-likeness (QED) is 0.728. The summed E-state index contributed by atoms with van der Waals surface area (Å²) in [5.41, 5.74) is 0.903. The molecule has 0 amide bonds. The van der Waals surface area contributed by atoms with Crippen molar-refractivity contribution in [3.05, 3.63) is 70.3 Å². The number of rotatable bonds is 4. The largest absolute Gasteiger partial charge is 0.422 e.